The number of nitrogens with one attached hydrogen (secondary N) is 2. The highest BCUT2D eigenvalue weighted by atomic mass is 79.9. The first-order chi connectivity index (χ1) is 8.52. The van der Waals surface area contributed by atoms with Crippen LogP contribution in [0.15, 0.2) is 16.7 Å². The van der Waals surface area contributed by atoms with E-state index in [0.717, 1.165) is 10.9 Å². The van der Waals surface area contributed by atoms with E-state index in [-0.39, 0.29) is 11.9 Å². The van der Waals surface area contributed by atoms with Crippen molar-refractivity contribution >= 4 is 33.3 Å². The molecule has 5 nitrogen and oxygen atoms in total. The van der Waals surface area contributed by atoms with Crippen LogP contribution in [-0.2, 0) is 4.79 Å². The Morgan fingerprint density at radius 2 is 2.33 bits per heavy atom. The fourth-order valence-corrected chi connectivity index (χ4v) is 1.83. The van der Waals surface area contributed by atoms with Gasteiger partial charge in [-0.25, -0.2) is 4.98 Å². The van der Waals surface area contributed by atoms with Crippen LogP contribution in [0.4, 0.5) is 11.5 Å². The van der Waals surface area contributed by atoms with E-state index in [9.17, 15) is 4.79 Å². The van der Waals surface area contributed by atoms with E-state index in [4.69, 9.17) is 5.73 Å². The van der Waals surface area contributed by atoms with Crippen LogP contribution in [0.25, 0.3) is 0 Å². The lowest BCUT2D eigenvalue weighted by atomic mass is 10.2. The normalized spacial score (nSPS) is 11.9. The second-order valence-electron chi connectivity index (χ2n) is 4.15. The summed E-state index contributed by atoms with van der Waals surface area (Å²) < 4.78 is 0.796. The molecule has 0 saturated heterocycles. The van der Waals surface area contributed by atoms with Crippen molar-refractivity contribution in [3.05, 3.63) is 16.7 Å². The number of halogens is 1. The lowest BCUT2D eigenvalue weighted by Gasteiger charge is -2.12. The minimum Gasteiger partial charge on any atom is -0.397 e. The summed E-state index contributed by atoms with van der Waals surface area (Å²) in [4.78, 5) is 15.7. The fourth-order valence-electron chi connectivity index (χ4n) is 1.33. The molecule has 4 N–H and O–H groups in total. The Kier molecular flexibility index (Phi) is 5.91. The van der Waals surface area contributed by atoms with Crippen molar-refractivity contribution < 1.29 is 4.79 Å². The SMILES string of the molecule is CCC(C)NC(=O)CCNc1ncc(N)cc1Br. The zero-order valence-corrected chi connectivity index (χ0v) is 12.3. The first-order valence-electron chi connectivity index (χ1n) is 5.97. The van der Waals surface area contributed by atoms with Gasteiger partial charge in [-0.3, -0.25) is 4.79 Å². The molecule has 1 amide bonds. The van der Waals surface area contributed by atoms with Crippen LogP contribution in [0.5, 0.6) is 0 Å². The molecule has 1 rings (SSSR count). The van der Waals surface area contributed by atoms with Crippen LogP contribution in [0.3, 0.4) is 0 Å². The number of nitrogen functional groups attached to an aromatic ring is 1. The third-order valence-corrected chi connectivity index (χ3v) is 3.13. The fraction of sp³-hybridized carbons (Fsp3) is 0.500. The van der Waals surface area contributed by atoms with Crippen molar-refractivity contribution in [2.24, 2.45) is 0 Å². The molecule has 0 spiro atoms. The molecule has 1 unspecified atom stereocenters. The molecule has 1 heterocycles. The topological polar surface area (TPSA) is 80.0 Å². The monoisotopic (exact) mass is 314 g/mol. The molecular formula is C12H19BrN4O. The van der Waals surface area contributed by atoms with Gasteiger partial charge in [0.15, 0.2) is 0 Å². The molecule has 0 aliphatic heterocycles. The van der Waals surface area contributed by atoms with Gasteiger partial charge in [0.05, 0.1) is 16.4 Å². The van der Waals surface area contributed by atoms with Crippen molar-refractivity contribution in [3.63, 3.8) is 0 Å². The van der Waals surface area contributed by atoms with Gasteiger partial charge in [0.25, 0.3) is 0 Å². The molecule has 1 aromatic heterocycles. The Labute approximate surface area is 116 Å². The molecule has 1 atom stereocenters. The number of carbonyl (C=O) groups is 1. The third-order valence-electron chi connectivity index (χ3n) is 2.53. The molecule has 0 saturated carbocycles. The zero-order valence-electron chi connectivity index (χ0n) is 10.7. The summed E-state index contributed by atoms with van der Waals surface area (Å²) in [5.74, 6) is 0.740. The predicted octanol–water partition coefficient (Wildman–Crippen LogP) is 2.14. The average Bonchev–Trinajstić information content (AvgIpc) is 2.31. The highest BCUT2D eigenvalue weighted by Crippen LogP contribution is 2.21. The number of rotatable bonds is 6. The molecule has 0 radical (unpaired) electrons. The molecular weight excluding hydrogens is 296 g/mol. The molecule has 0 aliphatic carbocycles. The number of amides is 1. The van der Waals surface area contributed by atoms with Gasteiger partial charge in [-0.2, -0.15) is 0 Å². The molecule has 0 fully saturated rings. The maximum Gasteiger partial charge on any atom is 0.221 e. The van der Waals surface area contributed by atoms with E-state index >= 15 is 0 Å². The van der Waals surface area contributed by atoms with Crippen molar-refractivity contribution in [1.29, 1.82) is 0 Å². The number of carbonyl (C=O) groups excluding carboxylic acids is 1. The van der Waals surface area contributed by atoms with E-state index in [1.165, 1.54) is 0 Å². The van der Waals surface area contributed by atoms with Gasteiger partial charge in [0.1, 0.15) is 5.82 Å². The second-order valence-corrected chi connectivity index (χ2v) is 5.01. The highest BCUT2D eigenvalue weighted by molar-refractivity contribution is 9.10. The molecule has 0 bridgehead atoms. The maximum atomic E-state index is 11.5. The first kappa shape index (κ1) is 14.8. The third kappa shape index (κ3) is 4.91. The lowest BCUT2D eigenvalue weighted by Crippen LogP contribution is -2.33. The summed E-state index contributed by atoms with van der Waals surface area (Å²) in [7, 11) is 0. The molecule has 6 heteroatoms. The highest BCUT2D eigenvalue weighted by Gasteiger charge is 2.06. The van der Waals surface area contributed by atoms with Crippen molar-refractivity contribution in [2.75, 3.05) is 17.6 Å². The van der Waals surface area contributed by atoms with Crippen LogP contribution >= 0.6 is 15.9 Å². The molecule has 0 aromatic carbocycles. The van der Waals surface area contributed by atoms with Crippen molar-refractivity contribution in [3.8, 4) is 0 Å². The number of nitrogens with zero attached hydrogens (tertiary/aromatic N) is 1. The standard InChI is InChI=1S/C12H19BrN4O/c1-3-8(2)17-11(18)4-5-15-12-10(13)6-9(14)7-16-12/h6-8H,3-5,14H2,1-2H3,(H,15,16)(H,17,18). The summed E-state index contributed by atoms with van der Waals surface area (Å²) in [5, 5.41) is 6.00. The number of aromatic nitrogens is 1. The van der Waals surface area contributed by atoms with Crippen LogP contribution in [0, 0.1) is 0 Å². The summed E-state index contributed by atoms with van der Waals surface area (Å²) in [5.41, 5.74) is 6.19. The van der Waals surface area contributed by atoms with Gasteiger partial charge in [0, 0.05) is 19.0 Å². The first-order valence-corrected chi connectivity index (χ1v) is 6.76. The van der Waals surface area contributed by atoms with Crippen LogP contribution in [-0.4, -0.2) is 23.5 Å². The van der Waals surface area contributed by atoms with Crippen LogP contribution in [0.2, 0.25) is 0 Å². The Balaban J connectivity index is 2.35. The van der Waals surface area contributed by atoms with E-state index in [2.05, 4.69) is 31.5 Å². The summed E-state index contributed by atoms with van der Waals surface area (Å²) in [6, 6.07) is 1.99. The predicted molar refractivity (Wildman–Crippen MR) is 77.4 cm³/mol. The quantitative estimate of drug-likeness (QED) is 0.751. The Bertz CT molecular complexity index is 411. The molecule has 0 aliphatic rings. The average molecular weight is 315 g/mol. The van der Waals surface area contributed by atoms with Gasteiger partial charge in [-0.05, 0) is 35.3 Å². The smallest absolute Gasteiger partial charge is 0.221 e. The van der Waals surface area contributed by atoms with Crippen molar-refractivity contribution in [2.45, 2.75) is 32.7 Å². The summed E-state index contributed by atoms with van der Waals surface area (Å²) in [6.45, 7) is 4.57. The number of nitrogens with two attached hydrogens (primary N) is 1. The largest absolute Gasteiger partial charge is 0.397 e. The molecule has 100 valence electrons. The van der Waals surface area contributed by atoms with E-state index in [1.54, 1.807) is 12.3 Å². The van der Waals surface area contributed by atoms with E-state index in [0.29, 0.717) is 24.5 Å². The van der Waals surface area contributed by atoms with Gasteiger partial charge >= 0.3 is 0 Å². The maximum absolute atomic E-state index is 11.5. The Morgan fingerprint density at radius 1 is 1.61 bits per heavy atom. The minimum atomic E-state index is 0.0448. The van der Waals surface area contributed by atoms with Gasteiger partial charge in [-0.15, -0.1) is 0 Å². The van der Waals surface area contributed by atoms with Crippen molar-refractivity contribution in [1.82, 2.24) is 10.3 Å². The van der Waals surface area contributed by atoms with E-state index in [1.807, 2.05) is 13.8 Å². The van der Waals surface area contributed by atoms with Gasteiger partial charge < -0.3 is 16.4 Å². The van der Waals surface area contributed by atoms with Gasteiger partial charge in [0.2, 0.25) is 5.91 Å². The van der Waals surface area contributed by atoms with Crippen LogP contribution in [0.1, 0.15) is 26.7 Å². The zero-order chi connectivity index (χ0) is 13.5. The molecule has 18 heavy (non-hydrogen) atoms. The number of hydrogen-bond acceptors (Lipinski definition) is 4. The number of anilines is 2. The van der Waals surface area contributed by atoms with Crippen LogP contribution < -0.4 is 16.4 Å². The summed E-state index contributed by atoms with van der Waals surface area (Å²) >= 11 is 3.36. The minimum absolute atomic E-state index is 0.0448. The second kappa shape index (κ2) is 7.20. The lowest BCUT2D eigenvalue weighted by molar-refractivity contribution is -0.121. The summed E-state index contributed by atoms with van der Waals surface area (Å²) in [6.07, 6.45) is 2.93. The van der Waals surface area contributed by atoms with E-state index < -0.39 is 0 Å². The Hall–Kier alpha value is -1.30. The van der Waals surface area contributed by atoms with Gasteiger partial charge in [-0.1, -0.05) is 6.92 Å². The molecule has 1 aromatic rings. The number of hydrogen-bond donors (Lipinski definition) is 3. The Morgan fingerprint density at radius 3 is 2.94 bits per heavy atom. The number of pyridine rings is 1.